The van der Waals surface area contributed by atoms with E-state index in [4.69, 9.17) is 11.6 Å². The van der Waals surface area contributed by atoms with Crippen molar-refractivity contribution in [3.05, 3.63) is 71.2 Å². The number of hydrogen-bond donors (Lipinski definition) is 1. The summed E-state index contributed by atoms with van der Waals surface area (Å²) in [6, 6.07) is 19.3. The fourth-order valence-electron chi connectivity index (χ4n) is 3.58. The molecule has 2 amide bonds. The van der Waals surface area contributed by atoms with Crippen molar-refractivity contribution >= 4 is 29.2 Å². The van der Waals surface area contributed by atoms with Crippen LogP contribution in [0.1, 0.15) is 24.8 Å². The van der Waals surface area contributed by atoms with Crippen molar-refractivity contribution in [2.45, 2.75) is 25.8 Å². The van der Waals surface area contributed by atoms with Crippen LogP contribution in [0.3, 0.4) is 0 Å². The molecule has 2 aromatic carbocycles. The van der Waals surface area contributed by atoms with E-state index in [0.717, 1.165) is 16.8 Å². The Kier molecular flexibility index (Phi) is 5.86. The molecule has 7 heteroatoms. The number of halogens is 1. The predicted octanol–water partition coefficient (Wildman–Crippen LogP) is 3.86. The summed E-state index contributed by atoms with van der Waals surface area (Å²) in [5.74, 6) is 0.552. The third-order valence-corrected chi connectivity index (χ3v) is 5.51. The molecule has 1 aromatic heterocycles. The van der Waals surface area contributed by atoms with Gasteiger partial charge < -0.3 is 5.32 Å². The summed E-state index contributed by atoms with van der Waals surface area (Å²) in [4.78, 5) is 26.6. The number of carbonyl (C=O) groups is 2. The SMILES string of the molecule is CC(CNC(=O)CN1C(=O)CCn2nc(-c3cccc(Cl)c3)cc21)c1ccccc1. The average molecular weight is 423 g/mol. The molecule has 1 atom stereocenters. The Labute approximate surface area is 180 Å². The predicted molar refractivity (Wildman–Crippen MR) is 118 cm³/mol. The summed E-state index contributed by atoms with van der Waals surface area (Å²) in [5, 5.41) is 8.17. The second-order valence-corrected chi connectivity index (χ2v) is 7.90. The molecule has 1 aliphatic rings. The van der Waals surface area contributed by atoms with E-state index >= 15 is 0 Å². The second kappa shape index (κ2) is 8.71. The van der Waals surface area contributed by atoms with Gasteiger partial charge in [-0.25, -0.2) is 4.68 Å². The van der Waals surface area contributed by atoms with E-state index in [9.17, 15) is 9.59 Å². The number of hydrogen-bond acceptors (Lipinski definition) is 3. The van der Waals surface area contributed by atoms with E-state index in [0.29, 0.717) is 30.4 Å². The summed E-state index contributed by atoms with van der Waals surface area (Å²) in [5.41, 5.74) is 2.76. The van der Waals surface area contributed by atoms with Crippen LogP contribution in [0.2, 0.25) is 5.02 Å². The van der Waals surface area contributed by atoms with Crippen LogP contribution in [0.4, 0.5) is 5.82 Å². The number of benzene rings is 2. The number of nitrogens with one attached hydrogen (secondary N) is 1. The highest BCUT2D eigenvalue weighted by molar-refractivity contribution is 6.30. The van der Waals surface area contributed by atoms with Gasteiger partial charge in [-0.1, -0.05) is 61.0 Å². The van der Waals surface area contributed by atoms with Gasteiger partial charge in [0.05, 0.1) is 12.2 Å². The van der Waals surface area contributed by atoms with Crippen LogP contribution in [0.25, 0.3) is 11.3 Å². The van der Waals surface area contributed by atoms with Gasteiger partial charge in [-0.3, -0.25) is 14.5 Å². The first-order valence-electron chi connectivity index (χ1n) is 9.97. The molecule has 1 N–H and O–H groups in total. The number of aromatic nitrogens is 2. The number of rotatable bonds is 6. The zero-order valence-electron chi connectivity index (χ0n) is 16.7. The molecule has 0 bridgehead atoms. The molecule has 154 valence electrons. The fraction of sp³-hybridized carbons (Fsp3) is 0.261. The Balaban J connectivity index is 1.46. The zero-order chi connectivity index (χ0) is 21.1. The van der Waals surface area contributed by atoms with Crippen molar-refractivity contribution < 1.29 is 9.59 Å². The van der Waals surface area contributed by atoms with Crippen molar-refractivity contribution in [3.63, 3.8) is 0 Å². The molecular formula is C23H23ClN4O2. The van der Waals surface area contributed by atoms with Crippen molar-refractivity contribution in [3.8, 4) is 11.3 Å². The molecule has 0 fully saturated rings. The van der Waals surface area contributed by atoms with E-state index in [1.807, 2.05) is 54.6 Å². The van der Waals surface area contributed by atoms with Crippen LogP contribution in [0.15, 0.2) is 60.7 Å². The first kappa shape index (κ1) is 20.2. The number of anilines is 1. The van der Waals surface area contributed by atoms with Crippen molar-refractivity contribution in [2.24, 2.45) is 0 Å². The maximum Gasteiger partial charge on any atom is 0.240 e. The summed E-state index contributed by atoms with van der Waals surface area (Å²) in [7, 11) is 0. The summed E-state index contributed by atoms with van der Waals surface area (Å²) in [6.07, 6.45) is 0.317. The third kappa shape index (κ3) is 4.39. The summed E-state index contributed by atoms with van der Waals surface area (Å²) in [6.45, 7) is 3.05. The molecule has 1 unspecified atom stereocenters. The number of carbonyl (C=O) groups excluding carboxylic acids is 2. The van der Waals surface area contributed by atoms with Crippen LogP contribution in [0.5, 0.6) is 0 Å². The van der Waals surface area contributed by atoms with Gasteiger partial charge in [0.25, 0.3) is 0 Å². The van der Waals surface area contributed by atoms with Gasteiger partial charge in [0.1, 0.15) is 12.4 Å². The van der Waals surface area contributed by atoms with E-state index < -0.39 is 0 Å². The third-order valence-electron chi connectivity index (χ3n) is 5.27. The maximum atomic E-state index is 12.6. The first-order valence-corrected chi connectivity index (χ1v) is 10.3. The van der Waals surface area contributed by atoms with E-state index in [2.05, 4.69) is 17.3 Å². The second-order valence-electron chi connectivity index (χ2n) is 7.47. The molecular weight excluding hydrogens is 400 g/mol. The van der Waals surface area contributed by atoms with Gasteiger partial charge in [0, 0.05) is 29.6 Å². The van der Waals surface area contributed by atoms with Gasteiger partial charge in [0.2, 0.25) is 11.8 Å². The van der Waals surface area contributed by atoms with Crippen LogP contribution in [-0.2, 0) is 16.1 Å². The van der Waals surface area contributed by atoms with E-state index in [-0.39, 0.29) is 24.3 Å². The first-order chi connectivity index (χ1) is 14.5. The highest BCUT2D eigenvalue weighted by Crippen LogP contribution is 2.29. The molecule has 6 nitrogen and oxygen atoms in total. The number of aryl methyl sites for hydroxylation is 1. The van der Waals surface area contributed by atoms with Crippen LogP contribution >= 0.6 is 11.6 Å². The standard InChI is InChI=1S/C23H23ClN4O2/c1-16(17-6-3-2-4-7-17)14-25-21(29)15-27-22-13-20(18-8-5-9-19(24)12-18)26-28(22)11-10-23(27)30/h2-9,12-13,16H,10-11,14-15H2,1H3,(H,25,29). The lowest BCUT2D eigenvalue weighted by molar-refractivity contribution is -0.124. The number of fused-ring (bicyclic) bond motifs is 1. The van der Waals surface area contributed by atoms with Crippen molar-refractivity contribution in [1.29, 1.82) is 0 Å². The lowest BCUT2D eigenvalue weighted by Crippen LogP contribution is -2.44. The smallest absolute Gasteiger partial charge is 0.240 e. The van der Waals surface area contributed by atoms with Gasteiger partial charge in [-0.15, -0.1) is 0 Å². The maximum absolute atomic E-state index is 12.6. The van der Waals surface area contributed by atoms with Gasteiger partial charge in [-0.2, -0.15) is 5.10 Å². The molecule has 3 aromatic rings. The lowest BCUT2D eigenvalue weighted by Gasteiger charge is -2.27. The summed E-state index contributed by atoms with van der Waals surface area (Å²) >= 11 is 6.09. The topological polar surface area (TPSA) is 67.2 Å². The largest absolute Gasteiger partial charge is 0.354 e. The van der Waals surface area contributed by atoms with Crippen LogP contribution < -0.4 is 10.2 Å². The Morgan fingerprint density at radius 1 is 1.17 bits per heavy atom. The molecule has 2 heterocycles. The Bertz CT molecular complexity index is 1060. The average Bonchev–Trinajstić information content (AvgIpc) is 3.19. The van der Waals surface area contributed by atoms with Crippen molar-refractivity contribution in [2.75, 3.05) is 18.0 Å². The quantitative estimate of drug-likeness (QED) is 0.655. The highest BCUT2D eigenvalue weighted by atomic mass is 35.5. The Hall–Kier alpha value is -3.12. The van der Waals surface area contributed by atoms with Crippen LogP contribution in [0, 0.1) is 0 Å². The minimum Gasteiger partial charge on any atom is -0.354 e. The highest BCUT2D eigenvalue weighted by Gasteiger charge is 2.28. The number of amides is 2. The normalized spacial score (nSPS) is 14.3. The van der Waals surface area contributed by atoms with Crippen LogP contribution in [-0.4, -0.2) is 34.7 Å². The monoisotopic (exact) mass is 422 g/mol. The fourth-order valence-corrected chi connectivity index (χ4v) is 3.77. The molecule has 30 heavy (non-hydrogen) atoms. The zero-order valence-corrected chi connectivity index (χ0v) is 17.5. The molecule has 0 saturated heterocycles. The molecule has 0 spiro atoms. The molecule has 0 aliphatic carbocycles. The summed E-state index contributed by atoms with van der Waals surface area (Å²) < 4.78 is 1.78. The van der Waals surface area contributed by atoms with Gasteiger partial charge in [0.15, 0.2) is 0 Å². The van der Waals surface area contributed by atoms with Gasteiger partial charge in [-0.05, 0) is 23.6 Å². The van der Waals surface area contributed by atoms with Crippen molar-refractivity contribution in [1.82, 2.24) is 15.1 Å². The molecule has 4 rings (SSSR count). The van der Waals surface area contributed by atoms with E-state index in [1.54, 1.807) is 10.7 Å². The Morgan fingerprint density at radius 2 is 1.97 bits per heavy atom. The van der Waals surface area contributed by atoms with E-state index in [1.165, 1.54) is 4.90 Å². The molecule has 0 saturated carbocycles. The Morgan fingerprint density at radius 3 is 2.73 bits per heavy atom. The molecule has 0 radical (unpaired) electrons. The lowest BCUT2D eigenvalue weighted by atomic mass is 10.0. The number of nitrogens with zero attached hydrogens (tertiary/aromatic N) is 3. The minimum atomic E-state index is -0.190. The minimum absolute atomic E-state index is 0.0268. The molecule has 1 aliphatic heterocycles. The van der Waals surface area contributed by atoms with Gasteiger partial charge >= 0.3 is 0 Å².